The Morgan fingerprint density at radius 2 is 2.04 bits per heavy atom. The average molecular weight is 354 g/mol. The molecule has 1 aliphatic rings. The van der Waals surface area contributed by atoms with Crippen LogP contribution in [0.15, 0.2) is 40.0 Å². The second kappa shape index (κ2) is 6.31. The van der Waals surface area contributed by atoms with Gasteiger partial charge in [-0.25, -0.2) is 8.42 Å². The van der Waals surface area contributed by atoms with Crippen LogP contribution in [0.2, 0.25) is 0 Å². The summed E-state index contributed by atoms with van der Waals surface area (Å²) in [6, 6.07) is 4.94. The SMILES string of the molecule is NC(=NCl)Nc1cncc2cc(S(=O)(=O)N3CCCC3)ccc12. The van der Waals surface area contributed by atoms with Crippen LogP contribution in [0.25, 0.3) is 10.8 Å². The van der Waals surface area contributed by atoms with Crippen molar-refractivity contribution in [3.8, 4) is 0 Å². The summed E-state index contributed by atoms with van der Waals surface area (Å²) >= 11 is 5.31. The number of anilines is 1. The smallest absolute Gasteiger partial charge is 0.243 e. The van der Waals surface area contributed by atoms with Crippen LogP contribution in [0.3, 0.4) is 0 Å². The highest BCUT2D eigenvalue weighted by molar-refractivity contribution is 7.89. The van der Waals surface area contributed by atoms with E-state index in [1.807, 2.05) is 0 Å². The number of benzene rings is 1. The minimum Gasteiger partial charge on any atom is -0.369 e. The fraction of sp³-hybridized carbons (Fsp3) is 0.286. The number of rotatable bonds is 3. The van der Waals surface area contributed by atoms with Gasteiger partial charge in [0.2, 0.25) is 16.0 Å². The molecule has 1 aromatic heterocycles. The zero-order valence-corrected chi connectivity index (χ0v) is 13.8. The maximum atomic E-state index is 12.6. The van der Waals surface area contributed by atoms with Gasteiger partial charge in [0.25, 0.3) is 0 Å². The molecule has 2 aromatic rings. The number of nitrogens with zero attached hydrogens (tertiary/aromatic N) is 3. The molecule has 7 nitrogen and oxygen atoms in total. The molecule has 0 atom stereocenters. The molecule has 0 radical (unpaired) electrons. The summed E-state index contributed by atoms with van der Waals surface area (Å²) < 4.78 is 30.1. The van der Waals surface area contributed by atoms with Gasteiger partial charge in [0.1, 0.15) is 0 Å². The van der Waals surface area contributed by atoms with E-state index in [9.17, 15) is 8.42 Å². The Hall–Kier alpha value is -1.90. The molecule has 1 fully saturated rings. The molecule has 0 unspecified atom stereocenters. The molecule has 1 aromatic carbocycles. The molecule has 0 saturated carbocycles. The molecule has 0 bridgehead atoms. The van der Waals surface area contributed by atoms with E-state index in [1.54, 1.807) is 30.6 Å². The van der Waals surface area contributed by atoms with Gasteiger partial charge in [0.15, 0.2) is 0 Å². The highest BCUT2D eigenvalue weighted by Crippen LogP contribution is 2.27. The largest absolute Gasteiger partial charge is 0.369 e. The molecule has 0 spiro atoms. The van der Waals surface area contributed by atoms with Crippen molar-refractivity contribution in [3.05, 3.63) is 30.6 Å². The summed E-state index contributed by atoms with van der Waals surface area (Å²) in [6.45, 7) is 1.14. The Labute approximate surface area is 139 Å². The van der Waals surface area contributed by atoms with E-state index in [0.29, 0.717) is 24.2 Å². The highest BCUT2D eigenvalue weighted by Gasteiger charge is 2.27. The van der Waals surface area contributed by atoms with Crippen molar-refractivity contribution in [1.82, 2.24) is 9.29 Å². The van der Waals surface area contributed by atoms with E-state index < -0.39 is 10.0 Å². The number of nitrogens with one attached hydrogen (secondary N) is 1. The number of guanidine groups is 1. The molecule has 0 amide bonds. The van der Waals surface area contributed by atoms with Crippen molar-refractivity contribution in [1.29, 1.82) is 0 Å². The number of aromatic nitrogens is 1. The van der Waals surface area contributed by atoms with Crippen molar-refractivity contribution < 1.29 is 8.42 Å². The highest BCUT2D eigenvalue weighted by atomic mass is 35.5. The Balaban J connectivity index is 2.03. The van der Waals surface area contributed by atoms with E-state index >= 15 is 0 Å². The lowest BCUT2D eigenvalue weighted by molar-refractivity contribution is 0.477. The van der Waals surface area contributed by atoms with Gasteiger partial charge in [-0.1, -0.05) is 6.07 Å². The third-order valence-electron chi connectivity index (χ3n) is 3.79. The van der Waals surface area contributed by atoms with Gasteiger partial charge in [0, 0.05) is 41.8 Å². The predicted octanol–water partition coefficient (Wildman–Crippen LogP) is 1.90. The number of hydrogen-bond acceptors (Lipinski definition) is 4. The van der Waals surface area contributed by atoms with Gasteiger partial charge in [-0.15, -0.1) is 4.51 Å². The average Bonchev–Trinajstić information content (AvgIpc) is 3.09. The number of halogens is 1. The first kappa shape index (κ1) is 16.0. The normalized spacial score (nSPS) is 16.8. The lowest BCUT2D eigenvalue weighted by Gasteiger charge is -2.16. The lowest BCUT2D eigenvalue weighted by Crippen LogP contribution is -2.27. The van der Waals surface area contributed by atoms with E-state index in [2.05, 4.69) is 14.8 Å². The zero-order valence-electron chi connectivity index (χ0n) is 12.2. The summed E-state index contributed by atoms with van der Waals surface area (Å²) in [7, 11) is -3.46. The maximum absolute atomic E-state index is 12.6. The molecule has 2 heterocycles. The molecule has 1 saturated heterocycles. The fourth-order valence-corrected chi connectivity index (χ4v) is 4.25. The Kier molecular flexibility index (Phi) is 4.38. The quantitative estimate of drug-likeness (QED) is 0.648. The molecule has 3 rings (SSSR count). The van der Waals surface area contributed by atoms with Crippen LogP contribution in [0.5, 0.6) is 0 Å². The van der Waals surface area contributed by atoms with Crippen molar-refractivity contribution in [2.75, 3.05) is 18.4 Å². The molecule has 9 heteroatoms. The van der Waals surface area contributed by atoms with Crippen molar-refractivity contribution in [2.24, 2.45) is 10.2 Å². The third-order valence-corrected chi connectivity index (χ3v) is 5.86. The summed E-state index contributed by atoms with van der Waals surface area (Å²) in [6.07, 6.45) is 4.99. The molecule has 122 valence electrons. The van der Waals surface area contributed by atoms with Crippen LogP contribution in [0.1, 0.15) is 12.8 Å². The Morgan fingerprint density at radius 1 is 1.30 bits per heavy atom. The second-order valence-corrected chi connectivity index (χ2v) is 7.38. The molecule has 0 aliphatic carbocycles. The first-order valence-electron chi connectivity index (χ1n) is 7.12. The van der Waals surface area contributed by atoms with Crippen molar-refractivity contribution >= 4 is 44.2 Å². The number of fused-ring (bicyclic) bond motifs is 1. The summed E-state index contributed by atoms with van der Waals surface area (Å²) in [4.78, 5) is 4.36. The first-order chi connectivity index (χ1) is 11.0. The zero-order chi connectivity index (χ0) is 16.4. The summed E-state index contributed by atoms with van der Waals surface area (Å²) in [5.74, 6) is 0.0368. The van der Waals surface area contributed by atoms with Crippen molar-refractivity contribution in [2.45, 2.75) is 17.7 Å². The van der Waals surface area contributed by atoms with Crippen molar-refractivity contribution in [3.63, 3.8) is 0 Å². The van der Waals surface area contributed by atoms with Crippen LogP contribution < -0.4 is 11.1 Å². The van der Waals surface area contributed by atoms with Gasteiger partial charge in [-0.3, -0.25) is 4.98 Å². The van der Waals surface area contributed by atoms with E-state index in [4.69, 9.17) is 17.5 Å². The monoisotopic (exact) mass is 353 g/mol. The molecular formula is C14H16ClN5O2S. The fourth-order valence-electron chi connectivity index (χ4n) is 2.65. The van der Waals surface area contributed by atoms with E-state index in [1.165, 1.54) is 4.31 Å². The predicted molar refractivity (Wildman–Crippen MR) is 90.8 cm³/mol. The van der Waals surface area contributed by atoms with Gasteiger partial charge < -0.3 is 11.1 Å². The maximum Gasteiger partial charge on any atom is 0.243 e. The van der Waals surface area contributed by atoms with Gasteiger partial charge in [0.05, 0.1) is 16.8 Å². The summed E-state index contributed by atoms with van der Waals surface area (Å²) in [5, 5.41) is 4.29. The molecule has 1 aliphatic heterocycles. The van der Waals surface area contributed by atoms with Gasteiger partial charge in [-0.05, 0) is 25.0 Å². The van der Waals surface area contributed by atoms with Crippen LogP contribution in [0, 0.1) is 0 Å². The number of nitrogens with two attached hydrogens (primary N) is 1. The van der Waals surface area contributed by atoms with Gasteiger partial charge >= 0.3 is 0 Å². The number of pyridine rings is 1. The molecule has 3 N–H and O–H groups in total. The Morgan fingerprint density at radius 3 is 2.74 bits per heavy atom. The van der Waals surface area contributed by atoms with E-state index in [0.717, 1.165) is 18.2 Å². The van der Waals surface area contributed by atoms with Crippen LogP contribution in [-0.4, -0.2) is 36.8 Å². The molecular weight excluding hydrogens is 338 g/mol. The minimum atomic E-state index is -3.46. The standard InChI is InChI=1S/C14H16ClN5O2S/c15-19-14(16)18-13-9-17-8-10-7-11(3-4-12(10)13)23(21,22)20-5-1-2-6-20/h3-4,7-9H,1-2,5-6H2,(H3,16,18,19). The van der Waals surface area contributed by atoms with Crippen LogP contribution >= 0.6 is 11.8 Å². The van der Waals surface area contributed by atoms with E-state index in [-0.39, 0.29) is 10.9 Å². The van der Waals surface area contributed by atoms with Crippen LogP contribution in [0.4, 0.5) is 5.69 Å². The van der Waals surface area contributed by atoms with Gasteiger partial charge in [-0.2, -0.15) is 4.31 Å². The second-order valence-electron chi connectivity index (χ2n) is 5.28. The third kappa shape index (κ3) is 3.10. The first-order valence-corrected chi connectivity index (χ1v) is 8.89. The summed E-state index contributed by atoms with van der Waals surface area (Å²) in [5.41, 5.74) is 6.16. The minimum absolute atomic E-state index is 0.0368. The Bertz CT molecular complexity index is 863. The molecule has 23 heavy (non-hydrogen) atoms. The number of sulfonamides is 1. The van der Waals surface area contributed by atoms with Crippen LogP contribution in [-0.2, 0) is 10.0 Å². The topological polar surface area (TPSA) is 101 Å². The lowest BCUT2D eigenvalue weighted by atomic mass is 10.1. The number of hydrogen-bond donors (Lipinski definition) is 2.